The van der Waals surface area contributed by atoms with Gasteiger partial charge in [0.15, 0.2) is 11.4 Å². The normalized spacial score (nSPS) is 22.5. The van der Waals surface area contributed by atoms with Crippen LogP contribution in [0.2, 0.25) is 0 Å². The second-order valence-electron chi connectivity index (χ2n) is 6.54. The standard InChI is InChI=1S/C19H16N2O6/c1-10-7-13(10)16-6-4-12(26-16)9-14-19(22)27-18(20-14)11-3-5-17(25-2)15(8-11)21(23)24/h3-6,8-10,13H,7H2,1-2H3/b14-9+/t10-,13-/m1/s1. The van der Waals surface area contributed by atoms with E-state index in [1.165, 1.54) is 25.3 Å². The number of ether oxygens (including phenoxy) is 2. The summed E-state index contributed by atoms with van der Waals surface area (Å²) in [6.07, 6.45) is 2.61. The number of nitro benzene ring substituents is 1. The number of furan rings is 1. The Kier molecular flexibility index (Phi) is 4.02. The molecule has 1 aliphatic heterocycles. The molecule has 0 saturated heterocycles. The van der Waals surface area contributed by atoms with Crippen LogP contribution in [0.1, 0.15) is 36.3 Å². The first kappa shape index (κ1) is 17.0. The van der Waals surface area contributed by atoms with Crippen LogP contribution in [0, 0.1) is 16.0 Å². The smallest absolute Gasteiger partial charge is 0.363 e. The van der Waals surface area contributed by atoms with Gasteiger partial charge in [-0.25, -0.2) is 9.79 Å². The molecule has 138 valence electrons. The maximum Gasteiger partial charge on any atom is 0.363 e. The third-order valence-corrected chi connectivity index (χ3v) is 4.64. The van der Waals surface area contributed by atoms with Gasteiger partial charge < -0.3 is 13.9 Å². The van der Waals surface area contributed by atoms with E-state index in [1.807, 2.05) is 6.07 Å². The molecule has 0 spiro atoms. The zero-order valence-corrected chi connectivity index (χ0v) is 14.7. The lowest BCUT2D eigenvalue weighted by molar-refractivity contribution is -0.385. The lowest BCUT2D eigenvalue weighted by Gasteiger charge is -2.03. The van der Waals surface area contributed by atoms with Crippen molar-refractivity contribution in [3.05, 3.63) is 63.2 Å². The topological polar surface area (TPSA) is 104 Å². The average molecular weight is 368 g/mol. The molecular weight excluding hydrogens is 352 g/mol. The van der Waals surface area contributed by atoms with Gasteiger partial charge in [-0.3, -0.25) is 10.1 Å². The minimum Gasteiger partial charge on any atom is -0.490 e. The molecule has 8 heteroatoms. The molecule has 1 fully saturated rings. The Hall–Kier alpha value is -3.42. The van der Waals surface area contributed by atoms with Crippen LogP contribution < -0.4 is 4.74 Å². The molecule has 8 nitrogen and oxygen atoms in total. The first-order chi connectivity index (χ1) is 13.0. The van der Waals surface area contributed by atoms with Crippen LogP contribution in [0.5, 0.6) is 5.75 Å². The molecule has 0 amide bonds. The van der Waals surface area contributed by atoms with Crippen molar-refractivity contribution in [2.45, 2.75) is 19.3 Å². The highest BCUT2D eigenvalue weighted by atomic mass is 16.6. The zero-order valence-electron chi connectivity index (χ0n) is 14.7. The summed E-state index contributed by atoms with van der Waals surface area (Å²) in [6.45, 7) is 2.16. The molecule has 0 N–H and O–H groups in total. The van der Waals surface area contributed by atoms with E-state index < -0.39 is 10.9 Å². The molecule has 1 aromatic carbocycles. The Morgan fingerprint density at radius 1 is 1.33 bits per heavy atom. The number of methoxy groups -OCH3 is 1. The molecule has 1 aliphatic carbocycles. The quantitative estimate of drug-likeness (QED) is 0.345. The van der Waals surface area contributed by atoms with Gasteiger partial charge in [-0.15, -0.1) is 0 Å². The molecule has 2 atom stereocenters. The van der Waals surface area contributed by atoms with Gasteiger partial charge in [0.05, 0.1) is 12.0 Å². The summed E-state index contributed by atoms with van der Waals surface area (Å²) in [6, 6.07) is 7.92. The third kappa shape index (κ3) is 3.21. The predicted molar refractivity (Wildman–Crippen MR) is 95.5 cm³/mol. The molecule has 1 saturated carbocycles. The van der Waals surface area contributed by atoms with Crippen molar-refractivity contribution in [1.29, 1.82) is 0 Å². The van der Waals surface area contributed by atoms with E-state index in [4.69, 9.17) is 13.9 Å². The monoisotopic (exact) mass is 368 g/mol. The van der Waals surface area contributed by atoms with Gasteiger partial charge in [0.2, 0.25) is 5.90 Å². The van der Waals surface area contributed by atoms with E-state index in [0.29, 0.717) is 23.2 Å². The first-order valence-corrected chi connectivity index (χ1v) is 8.41. The fraction of sp³-hybridized carbons (Fsp3) is 0.263. The Bertz CT molecular complexity index is 1000. The molecule has 4 rings (SSSR count). The minimum absolute atomic E-state index is 0.000372. The second kappa shape index (κ2) is 6.39. The molecule has 0 bridgehead atoms. The predicted octanol–water partition coefficient (Wildman–Crippen LogP) is 3.66. The fourth-order valence-electron chi connectivity index (χ4n) is 3.00. The zero-order chi connectivity index (χ0) is 19.1. The van der Waals surface area contributed by atoms with E-state index in [-0.39, 0.29) is 23.0 Å². The van der Waals surface area contributed by atoms with Crippen molar-refractivity contribution in [1.82, 2.24) is 0 Å². The van der Waals surface area contributed by atoms with Crippen molar-refractivity contribution in [3.63, 3.8) is 0 Å². The van der Waals surface area contributed by atoms with Crippen molar-refractivity contribution in [3.8, 4) is 5.75 Å². The Morgan fingerprint density at radius 2 is 2.11 bits per heavy atom. The number of cyclic esters (lactones) is 1. The largest absolute Gasteiger partial charge is 0.490 e. The lowest BCUT2D eigenvalue weighted by atomic mass is 10.2. The molecule has 2 aliphatic rings. The summed E-state index contributed by atoms with van der Waals surface area (Å²) in [5.41, 5.74) is 0.153. The van der Waals surface area contributed by atoms with Gasteiger partial charge in [0.1, 0.15) is 11.5 Å². The van der Waals surface area contributed by atoms with Crippen molar-refractivity contribution in [2.75, 3.05) is 7.11 Å². The van der Waals surface area contributed by atoms with E-state index in [2.05, 4.69) is 11.9 Å². The van der Waals surface area contributed by atoms with Crippen LogP contribution >= 0.6 is 0 Å². The van der Waals surface area contributed by atoms with E-state index in [0.717, 1.165) is 12.2 Å². The van der Waals surface area contributed by atoms with Crippen molar-refractivity contribution in [2.24, 2.45) is 10.9 Å². The second-order valence-corrected chi connectivity index (χ2v) is 6.54. The highest BCUT2D eigenvalue weighted by Gasteiger charge is 2.36. The SMILES string of the molecule is COc1ccc(C2=N/C(=C/c3ccc([C@@H]4C[C@H]4C)o3)C(=O)O2)cc1[N+](=O)[O-]. The van der Waals surface area contributed by atoms with Gasteiger partial charge in [0, 0.05) is 23.6 Å². The lowest BCUT2D eigenvalue weighted by Crippen LogP contribution is -2.06. The number of nitrogens with zero attached hydrogens (tertiary/aromatic N) is 2. The Labute approximate surface area is 154 Å². The third-order valence-electron chi connectivity index (χ3n) is 4.64. The van der Waals surface area contributed by atoms with Gasteiger partial charge >= 0.3 is 11.7 Å². The number of carbonyl (C=O) groups is 1. The summed E-state index contributed by atoms with van der Waals surface area (Å²) in [4.78, 5) is 26.8. The van der Waals surface area contributed by atoms with Crippen LogP contribution in [0.3, 0.4) is 0 Å². The average Bonchev–Trinajstić information content (AvgIpc) is 3.04. The van der Waals surface area contributed by atoms with Crippen LogP contribution in [0.4, 0.5) is 5.69 Å². The molecule has 27 heavy (non-hydrogen) atoms. The van der Waals surface area contributed by atoms with Crippen LogP contribution in [-0.4, -0.2) is 23.9 Å². The number of hydrogen-bond acceptors (Lipinski definition) is 7. The fourth-order valence-corrected chi connectivity index (χ4v) is 3.00. The van der Waals surface area contributed by atoms with Crippen molar-refractivity contribution < 1.29 is 23.6 Å². The number of aliphatic imine (C=N–C) groups is 1. The van der Waals surface area contributed by atoms with Crippen LogP contribution in [0.15, 0.2) is 45.4 Å². The van der Waals surface area contributed by atoms with E-state index >= 15 is 0 Å². The van der Waals surface area contributed by atoms with Gasteiger partial charge in [-0.1, -0.05) is 6.92 Å². The van der Waals surface area contributed by atoms with Gasteiger partial charge in [0.25, 0.3) is 0 Å². The molecule has 0 radical (unpaired) electrons. The van der Waals surface area contributed by atoms with Crippen LogP contribution in [-0.2, 0) is 9.53 Å². The molecule has 1 aromatic heterocycles. The number of nitro groups is 1. The van der Waals surface area contributed by atoms with Gasteiger partial charge in [-0.2, -0.15) is 0 Å². The molecule has 2 heterocycles. The Balaban J connectivity index is 1.62. The number of benzene rings is 1. The summed E-state index contributed by atoms with van der Waals surface area (Å²) in [5, 5.41) is 11.2. The highest BCUT2D eigenvalue weighted by molar-refractivity contribution is 6.13. The van der Waals surface area contributed by atoms with Crippen molar-refractivity contribution >= 4 is 23.6 Å². The minimum atomic E-state index is -0.638. The molecule has 2 aromatic rings. The maximum atomic E-state index is 12.1. The summed E-state index contributed by atoms with van der Waals surface area (Å²) >= 11 is 0. The highest BCUT2D eigenvalue weighted by Crippen LogP contribution is 2.47. The molecule has 0 unspecified atom stereocenters. The number of hydrogen-bond donors (Lipinski definition) is 0. The molecular formula is C19H16N2O6. The summed E-state index contributed by atoms with van der Waals surface area (Å²) in [7, 11) is 1.34. The number of esters is 1. The van der Waals surface area contributed by atoms with E-state index in [9.17, 15) is 14.9 Å². The maximum absolute atomic E-state index is 12.1. The van der Waals surface area contributed by atoms with E-state index in [1.54, 1.807) is 12.1 Å². The van der Waals surface area contributed by atoms with Gasteiger partial charge in [-0.05, 0) is 36.6 Å². The number of rotatable bonds is 5. The Morgan fingerprint density at radius 3 is 2.78 bits per heavy atom. The summed E-state index contributed by atoms with van der Waals surface area (Å²) in [5.74, 6) is 1.94. The van der Waals surface area contributed by atoms with Crippen LogP contribution in [0.25, 0.3) is 6.08 Å². The first-order valence-electron chi connectivity index (χ1n) is 8.41. The number of carbonyl (C=O) groups excluding carboxylic acids is 1. The summed E-state index contributed by atoms with van der Waals surface area (Å²) < 4.78 is 15.9.